The molecule has 3 rings (SSSR count). The predicted octanol–water partition coefficient (Wildman–Crippen LogP) is 3.54. The third-order valence-electron chi connectivity index (χ3n) is 5.88. The number of methoxy groups -OCH3 is 2. The SMILES string of the molecule is COc1ccc(OC)c(C2C3CC(C)CC=C3C(C#N)=C(N)C2(C#N)C#N)c1. The summed E-state index contributed by atoms with van der Waals surface area (Å²) in [4.78, 5) is 0. The highest BCUT2D eigenvalue weighted by molar-refractivity contribution is 5.61. The van der Waals surface area contributed by atoms with Crippen LogP contribution in [0.5, 0.6) is 11.5 Å². The molecule has 2 aliphatic rings. The fourth-order valence-electron chi connectivity index (χ4n) is 4.50. The first-order valence-electron chi connectivity index (χ1n) is 9.12. The minimum absolute atomic E-state index is 0.0203. The summed E-state index contributed by atoms with van der Waals surface area (Å²) in [6.07, 6.45) is 3.61. The third kappa shape index (κ3) is 2.68. The van der Waals surface area contributed by atoms with Crippen molar-refractivity contribution in [3.8, 4) is 29.7 Å². The number of hydrogen-bond acceptors (Lipinski definition) is 6. The van der Waals surface area contributed by atoms with E-state index in [0.717, 1.165) is 18.4 Å². The molecule has 0 bridgehead atoms. The minimum Gasteiger partial charge on any atom is -0.497 e. The molecule has 0 fully saturated rings. The van der Waals surface area contributed by atoms with Crippen LogP contribution < -0.4 is 15.2 Å². The highest BCUT2D eigenvalue weighted by atomic mass is 16.5. The lowest BCUT2D eigenvalue weighted by molar-refractivity contribution is 0.275. The van der Waals surface area contributed by atoms with Crippen LogP contribution in [0.4, 0.5) is 0 Å². The number of nitrogens with zero attached hydrogens (tertiary/aromatic N) is 3. The van der Waals surface area contributed by atoms with Crippen molar-refractivity contribution in [2.45, 2.75) is 25.7 Å². The molecule has 28 heavy (non-hydrogen) atoms. The zero-order valence-corrected chi connectivity index (χ0v) is 16.2. The first-order valence-corrected chi connectivity index (χ1v) is 9.12. The van der Waals surface area contributed by atoms with Crippen molar-refractivity contribution >= 4 is 0 Å². The van der Waals surface area contributed by atoms with Crippen molar-refractivity contribution < 1.29 is 9.47 Å². The number of allylic oxidation sites excluding steroid dienone is 4. The van der Waals surface area contributed by atoms with E-state index in [2.05, 4.69) is 25.1 Å². The van der Waals surface area contributed by atoms with Crippen LogP contribution in [0.25, 0.3) is 0 Å². The van der Waals surface area contributed by atoms with Gasteiger partial charge in [0.25, 0.3) is 0 Å². The Hall–Kier alpha value is -3.43. The molecule has 2 N–H and O–H groups in total. The molecule has 0 aromatic heterocycles. The monoisotopic (exact) mass is 374 g/mol. The van der Waals surface area contributed by atoms with E-state index < -0.39 is 11.3 Å². The smallest absolute Gasteiger partial charge is 0.191 e. The second-order valence-electron chi connectivity index (χ2n) is 7.36. The molecule has 2 aliphatic carbocycles. The van der Waals surface area contributed by atoms with Gasteiger partial charge in [0.2, 0.25) is 0 Å². The van der Waals surface area contributed by atoms with E-state index in [0.29, 0.717) is 23.0 Å². The molecule has 1 aromatic rings. The van der Waals surface area contributed by atoms with Crippen LogP contribution in [-0.4, -0.2) is 14.2 Å². The van der Waals surface area contributed by atoms with Gasteiger partial charge < -0.3 is 15.2 Å². The predicted molar refractivity (Wildman–Crippen MR) is 103 cm³/mol. The molecule has 0 heterocycles. The molecule has 0 saturated carbocycles. The summed E-state index contributed by atoms with van der Waals surface area (Å²) >= 11 is 0. The van der Waals surface area contributed by atoms with Gasteiger partial charge in [-0.25, -0.2) is 0 Å². The van der Waals surface area contributed by atoms with E-state index in [1.165, 1.54) is 0 Å². The average Bonchev–Trinajstić information content (AvgIpc) is 2.72. The van der Waals surface area contributed by atoms with Crippen molar-refractivity contribution in [2.75, 3.05) is 14.2 Å². The molecule has 142 valence electrons. The lowest BCUT2D eigenvalue weighted by Gasteiger charge is -2.44. The Morgan fingerprint density at radius 2 is 1.86 bits per heavy atom. The number of nitriles is 3. The molecule has 0 amide bonds. The Morgan fingerprint density at radius 3 is 2.43 bits per heavy atom. The Labute approximate surface area is 165 Å². The number of nitrogens with two attached hydrogens (primary N) is 1. The van der Waals surface area contributed by atoms with Crippen LogP contribution in [0.15, 0.2) is 41.1 Å². The Morgan fingerprint density at radius 1 is 1.14 bits per heavy atom. The summed E-state index contributed by atoms with van der Waals surface area (Å²) in [7, 11) is 3.11. The van der Waals surface area contributed by atoms with Gasteiger partial charge in [0.05, 0.1) is 37.6 Å². The first-order chi connectivity index (χ1) is 13.5. The van der Waals surface area contributed by atoms with Crippen LogP contribution >= 0.6 is 0 Å². The molecule has 0 spiro atoms. The molecule has 6 nitrogen and oxygen atoms in total. The first kappa shape index (κ1) is 19.3. The summed E-state index contributed by atoms with van der Waals surface area (Å²) < 4.78 is 10.9. The van der Waals surface area contributed by atoms with Crippen LogP contribution in [0.3, 0.4) is 0 Å². The van der Waals surface area contributed by atoms with Crippen LogP contribution in [0.1, 0.15) is 31.2 Å². The lowest BCUT2D eigenvalue weighted by atomic mass is 9.55. The Balaban J connectivity index is 2.38. The van der Waals surface area contributed by atoms with Crippen molar-refractivity contribution in [2.24, 2.45) is 23.0 Å². The van der Waals surface area contributed by atoms with Gasteiger partial charge in [0.1, 0.15) is 17.6 Å². The van der Waals surface area contributed by atoms with E-state index in [-0.39, 0.29) is 17.2 Å². The van der Waals surface area contributed by atoms with Gasteiger partial charge in [-0.1, -0.05) is 13.0 Å². The summed E-state index contributed by atoms with van der Waals surface area (Å²) in [6.45, 7) is 2.13. The topological polar surface area (TPSA) is 116 Å². The maximum Gasteiger partial charge on any atom is 0.191 e. The molecule has 6 heteroatoms. The van der Waals surface area contributed by atoms with Gasteiger partial charge in [-0.2, -0.15) is 15.8 Å². The zero-order chi connectivity index (χ0) is 20.5. The van der Waals surface area contributed by atoms with Gasteiger partial charge in [0.15, 0.2) is 5.41 Å². The number of benzene rings is 1. The van der Waals surface area contributed by atoms with Gasteiger partial charge in [-0.15, -0.1) is 0 Å². The van der Waals surface area contributed by atoms with Gasteiger partial charge in [-0.3, -0.25) is 0 Å². The summed E-state index contributed by atoms with van der Waals surface area (Å²) in [6, 6.07) is 11.8. The van der Waals surface area contributed by atoms with E-state index in [1.807, 2.05) is 6.08 Å². The number of hydrogen-bond donors (Lipinski definition) is 1. The van der Waals surface area contributed by atoms with Crippen molar-refractivity contribution in [3.63, 3.8) is 0 Å². The third-order valence-corrected chi connectivity index (χ3v) is 5.88. The van der Waals surface area contributed by atoms with E-state index in [9.17, 15) is 15.8 Å². The van der Waals surface area contributed by atoms with E-state index in [1.54, 1.807) is 32.4 Å². The second kappa shape index (κ2) is 7.29. The van der Waals surface area contributed by atoms with Crippen LogP contribution in [-0.2, 0) is 0 Å². The maximum atomic E-state index is 10.1. The maximum absolute atomic E-state index is 10.1. The van der Waals surface area contributed by atoms with Crippen molar-refractivity contribution in [1.29, 1.82) is 15.8 Å². The molecule has 3 atom stereocenters. The van der Waals surface area contributed by atoms with Crippen molar-refractivity contribution in [3.05, 3.63) is 46.7 Å². The minimum atomic E-state index is -1.66. The summed E-state index contributed by atoms with van der Waals surface area (Å²) in [5, 5.41) is 30.0. The quantitative estimate of drug-likeness (QED) is 0.865. The van der Waals surface area contributed by atoms with Crippen molar-refractivity contribution in [1.82, 2.24) is 0 Å². The summed E-state index contributed by atoms with van der Waals surface area (Å²) in [5.74, 6) is 0.766. The summed E-state index contributed by atoms with van der Waals surface area (Å²) in [5.41, 5.74) is 6.46. The van der Waals surface area contributed by atoms with E-state index in [4.69, 9.17) is 15.2 Å². The second-order valence-corrected chi connectivity index (χ2v) is 7.36. The number of ether oxygens (including phenoxy) is 2. The van der Waals surface area contributed by atoms with Gasteiger partial charge in [0, 0.05) is 11.5 Å². The average molecular weight is 374 g/mol. The number of rotatable bonds is 3. The molecule has 3 unspecified atom stereocenters. The normalized spacial score (nSPS) is 25.4. The highest BCUT2D eigenvalue weighted by Gasteiger charge is 2.55. The van der Waals surface area contributed by atoms with Gasteiger partial charge in [-0.05, 0) is 48.4 Å². The number of fused-ring (bicyclic) bond motifs is 1. The zero-order valence-electron chi connectivity index (χ0n) is 16.2. The Bertz CT molecular complexity index is 973. The van der Waals surface area contributed by atoms with Crippen LogP contribution in [0.2, 0.25) is 0 Å². The molecular weight excluding hydrogens is 352 g/mol. The fraction of sp³-hybridized carbons (Fsp3) is 0.409. The molecule has 0 radical (unpaired) electrons. The van der Waals surface area contributed by atoms with Crippen LogP contribution in [0, 0.1) is 51.2 Å². The largest absolute Gasteiger partial charge is 0.497 e. The Kier molecular flexibility index (Phi) is 5.04. The molecule has 1 aromatic carbocycles. The highest BCUT2D eigenvalue weighted by Crippen LogP contribution is 2.58. The fourth-order valence-corrected chi connectivity index (χ4v) is 4.50. The standard InChI is InChI=1S/C22H22N4O2/c1-13-4-6-15-16(8-13)20(17-9-14(27-2)5-7-19(17)28-3)22(11-24,12-25)21(26)18(15)10-23/h5-7,9,13,16,20H,4,8,26H2,1-3H3. The van der Waals surface area contributed by atoms with E-state index >= 15 is 0 Å². The molecule has 0 saturated heterocycles. The lowest BCUT2D eigenvalue weighted by Crippen LogP contribution is -2.43. The molecular formula is C22H22N4O2. The molecule has 0 aliphatic heterocycles. The van der Waals surface area contributed by atoms with Gasteiger partial charge >= 0.3 is 0 Å².